The van der Waals surface area contributed by atoms with Crippen LogP contribution < -0.4 is 5.46 Å². The third-order valence-electron chi connectivity index (χ3n) is 12.8. The lowest BCUT2D eigenvalue weighted by molar-refractivity contribution is 0.00578. The fraction of sp³-hybridized carbons (Fsp3) is 0.346. The van der Waals surface area contributed by atoms with Crippen molar-refractivity contribution in [3.63, 3.8) is 0 Å². The number of aliphatic hydroxyl groups is 2. The van der Waals surface area contributed by atoms with E-state index in [1.165, 1.54) is 22.5 Å². The summed E-state index contributed by atoms with van der Waals surface area (Å²) in [5.41, 5.74) is 8.60. The van der Waals surface area contributed by atoms with E-state index in [0.717, 1.165) is 43.7 Å². The number of aromatic nitrogens is 8. The fourth-order valence-electron chi connectivity index (χ4n) is 8.45. The molecule has 1 saturated heterocycles. The monoisotopic (exact) mass is 978 g/mol. The van der Waals surface area contributed by atoms with E-state index < -0.39 is 18.3 Å². The van der Waals surface area contributed by atoms with Crippen molar-refractivity contribution in [3.8, 4) is 11.1 Å². The topological polar surface area (TPSA) is 164 Å². The summed E-state index contributed by atoms with van der Waals surface area (Å²) in [7, 11) is -0.471. The maximum absolute atomic E-state index is 10.1. The highest BCUT2D eigenvalue weighted by Crippen LogP contribution is 2.37. The Kier molecular flexibility index (Phi) is 13.0. The average molecular weight is 980 g/mol. The van der Waals surface area contributed by atoms with Crippen molar-refractivity contribution < 1.29 is 29.0 Å². The number of halogens is 1. The first kappa shape index (κ1) is 47.4. The number of fused-ring (bicyclic) bond motifs is 6. The number of nitrogens with zero attached hydrogens (tertiary/aromatic N) is 8. The van der Waals surface area contributed by atoms with Gasteiger partial charge in [0.15, 0.2) is 11.6 Å². The van der Waals surface area contributed by atoms with Gasteiger partial charge in [0.2, 0.25) is 0 Å². The predicted molar refractivity (Wildman–Crippen MR) is 263 cm³/mol. The number of imidazole rings is 2. The Bertz CT molecular complexity index is 3010. The first-order valence-corrected chi connectivity index (χ1v) is 23.5. The molecule has 0 radical (unpaired) electrons. The molecule has 2 atom stereocenters. The molecule has 2 N–H and O–H groups in total. The first-order valence-electron chi connectivity index (χ1n) is 22.7. The molecule has 6 aromatic heterocycles. The number of benzene rings is 2. The van der Waals surface area contributed by atoms with Crippen molar-refractivity contribution in [3.05, 3.63) is 172 Å². The Balaban J connectivity index is 0.000000132. The van der Waals surface area contributed by atoms with E-state index in [1.54, 1.807) is 52.5 Å². The van der Waals surface area contributed by atoms with Crippen LogP contribution in [0.4, 0.5) is 0 Å². The van der Waals surface area contributed by atoms with Crippen LogP contribution in [-0.2, 0) is 43.2 Å². The van der Waals surface area contributed by atoms with E-state index in [-0.39, 0.29) is 23.0 Å². The van der Waals surface area contributed by atoms with Gasteiger partial charge >= 0.3 is 7.12 Å². The van der Waals surface area contributed by atoms with E-state index in [9.17, 15) is 10.2 Å². The van der Waals surface area contributed by atoms with Gasteiger partial charge in [-0.05, 0) is 107 Å². The summed E-state index contributed by atoms with van der Waals surface area (Å²) < 4.78 is 28.8. The smallest absolute Gasteiger partial charge is 0.399 e. The maximum Gasteiger partial charge on any atom is 0.498 e. The molecule has 14 nitrogen and oxygen atoms in total. The number of ether oxygens (including phenoxy) is 2. The standard InChI is InChI=1S/C23H22N4O2.C16H13BrN2O.C13H21BN2O3/c1-23(2,28)22-24-10-17(11-25-22)16-8-9-20-26-19-14-29-13-18(21(19)27(20)12-16)15-6-4-3-5-7-15;17-12-6-7-15-18-14-10-20-9-13(16(14)19(15)8-12)11-4-2-1-3-5-11;1-11(2,17)10-15-7-9(8-16-10)14-18-12(3,4)13(5,6)19-14/h3-12,18,28H,13-14H2,1-2H3;1-8,13H,9-10H2;7-8,17H,1-6H3. The van der Waals surface area contributed by atoms with Gasteiger partial charge in [-0.15, -0.1) is 0 Å². The number of hydrogen-bond donors (Lipinski definition) is 2. The Morgan fingerprint density at radius 3 is 1.50 bits per heavy atom. The minimum absolute atomic E-state index is 0.138. The summed E-state index contributed by atoms with van der Waals surface area (Å²) in [6.07, 6.45) is 11.0. The normalized spacial score (nSPS) is 18.5. The van der Waals surface area contributed by atoms with Gasteiger partial charge < -0.3 is 37.8 Å². The van der Waals surface area contributed by atoms with Gasteiger partial charge in [-0.1, -0.05) is 60.7 Å². The molecular weight excluding hydrogens is 923 g/mol. The highest BCUT2D eigenvalue weighted by Gasteiger charge is 2.52. The van der Waals surface area contributed by atoms with Gasteiger partial charge in [0, 0.05) is 58.2 Å². The molecule has 350 valence electrons. The molecule has 8 aromatic rings. The first-order chi connectivity index (χ1) is 32.4. The summed E-state index contributed by atoms with van der Waals surface area (Å²) in [4.78, 5) is 26.5. The molecule has 2 aromatic carbocycles. The lowest BCUT2D eigenvalue weighted by atomic mass is 9.81. The van der Waals surface area contributed by atoms with Gasteiger partial charge in [-0.3, -0.25) is 0 Å². The molecule has 2 unspecified atom stereocenters. The highest BCUT2D eigenvalue weighted by molar-refractivity contribution is 9.10. The van der Waals surface area contributed by atoms with Crippen LogP contribution in [0.2, 0.25) is 0 Å². The molecule has 11 rings (SSSR count). The van der Waals surface area contributed by atoms with E-state index >= 15 is 0 Å². The molecule has 0 aliphatic carbocycles. The third kappa shape index (κ3) is 9.77. The molecule has 1 fully saturated rings. The minimum Gasteiger partial charge on any atom is -0.399 e. The van der Waals surface area contributed by atoms with Gasteiger partial charge in [-0.2, -0.15) is 0 Å². The van der Waals surface area contributed by atoms with Crippen LogP contribution in [0, 0.1) is 0 Å². The Morgan fingerprint density at radius 2 is 1.03 bits per heavy atom. The summed E-state index contributed by atoms with van der Waals surface area (Å²) in [5, 5.41) is 19.9. The maximum atomic E-state index is 10.1. The Morgan fingerprint density at radius 1 is 0.588 bits per heavy atom. The molecule has 68 heavy (non-hydrogen) atoms. The number of hydrogen-bond acceptors (Lipinski definition) is 12. The van der Waals surface area contributed by atoms with Crippen molar-refractivity contribution in [2.24, 2.45) is 0 Å². The van der Waals surface area contributed by atoms with Crippen molar-refractivity contribution >= 4 is 39.8 Å². The molecule has 16 heteroatoms. The Labute approximate surface area is 405 Å². The molecule has 0 amide bonds. The van der Waals surface area contributed by atoms with Crippen LogP contribution in [0.5, 0.6) is 0 Å². The zero-order valence-corrected chi connectivity index (χ0v) is 41.2. The van der Waals surface area contributed by atoms with Gasteiger partial charge in [0.25, 0.3) is 0 Å². The second-order valence-corrected chi connectivity index (χ2v) is 20.3. The summed E-state index contributed by atoms with van der Waals surface area (Å²) in [6.45, 7) is 17.1. The second-order valence-electron chi connectivity index (χ2n) is 19.4. The van der Waals surface area contributed by atoms with Crippen LogP contribution in [-0.4, -0.2) is 80.5 Å². The SMILES string of the molecule is Brc1ccc2nc3c(n2c1)C(c1ccccc1)COC3.CC(C)(O)c1ncc(-c2ccc3nc4c(n3c2)C(c2ccccc2)COC4)cn1.CC(C)(O)c1ncc(B2OC(C)(C)C(C)(C)O2)cn1. The zero-order chi connectivity index (χ0) is 48.0. The van der Waals surface area contributed by atoms with Crippen molar-refractivity contribution in [1.82, 2.24) is 38.7 Å². The van der Waals surface area contributed by atoms with Crippen LogP contribution in [0.15, 0.2) is 127 Å². The third-order valence-corrected chi connectivity index (χ3v) is 13.3. The van der Waals surface area contributed by atoms with Crippen LogP contribution in [0.3, 0.4) is 0 Å². The van der Waals surface area contributed by atoms with E-state index in [1.807, 2.05) is 64.1 Å². The zero-order valence-electron chi connectivity index (χ0n) is 39.6. The second kappa shape index (κ2) is 18.6. The molecular formula is C52H56BBrN8O6. The van der Waals surface area contributed by atoms with Crippen molar-refractivity contribution in [1.29, 1.82) is 0 Å². The van der Waals surface area contributed by atoms with Crippen LogP contribution in [0.25, 0.3) is 22.4 Å². The minimum atomic E-state index is -1.06. The fourth-order valence-corrected chi connectivity index (χ4v) is 8.79. The van der Waals surface area contributed by atoms with E-state index in [2.05, 4.69) is 111 Å². The molecule has 3 aliphatic heterocycles. The van der Waals surface area contributed by atoms with Gasteiger partial charge in [-0.25, -0.2) is 29.9 Å². The van der Waals surface area contributed by atoms with Crippen LogP contribution >= 0.6 is 15.9 Å². The lowest BCUT2D eigenvalue weighted by Crippen LogP contribution is -2.41. The Hall–Kier alpha value is -5.72. The molecule has 0 spiro atoms. The van der Waals surface area contributed by atoms with E-state index in [0.29, 0.717) is 38.1 Å². The quantitative estimate of drug-likeness (QED) is 0.153. The van der Waals surface area contributed by atoms with Crippen molar-refractivity contribution in [2.45, 2.75) is 103 Å². The largest absolute Gasteiger partial charge is 0.498 e. The molecule has 0 bridgehead atoms. The summed E-state index contributed by atoms with van der Waals surface area (Å²) >= 11 is 3.54. The number of pyridine rings is 2. The van der Waals surface area contributed by atoms with Gasteiger partial charge in [0.05, 0.1) is 72.2 Å². The summed E-state index contributed by atoms with van der Waals surface area (Å²) in [5.74, 6) is 1.17. The lowest BCUT2D eigenvalue weighted by Gasteiger charge is -2.32. The van der Waals surface area contributed by atoms with Gasteiger partial charge in [0.1, 0.15) is 22.5 Å². The molecule has 0 saturated carbocycles. The highest BCUT2D eigenvalue weighted by atomic mass is 79.9. The molecule has 3 aliphatic rings. The average Bonchev–Trinajstić information content (AvgIpc) is 3.96. The van der Waals surface area contributed by atoms with E-state index in [4.69, 9.17) is 23.8 Å². The molecule has 9 heterocycles. The van der Waals surface area contributed by atoms with Crippen LogP contribution in [0.1, 0.15) is 113 Å². The van der Waals surface area contributed by atoms with Crippen molar-refractivity contribution in [2.75, 3.05) is 13.2 Å². The predicted octanol–water partition coefficient (Wildman–Crippen LogP) is 8.44. The number of rotatable bonds is 6. The summed E-state index contributed by atoms with van der Waals surface area (Å²) in [6, 6.07) is 29.0.